The minimum absolute atomic E-state index is 0.545. The number of nitrogens with two attached hydrogens (primary N) is 1. The predicted octanol–water partition coefficient (Wildman–Crippen LogP) is 2.65. The molecular weight excluding hydrogens is 206 g/mol. The average molecular weight is 233 g/mol. The minimum Gasteiger partial charge on any atom is -0.394 e. The van der Waals surface area contributed by atoms with Crippen molar-refractivity contribution in [2.24, 2.45) is 5.73 Å². The molecule has 92 valence electrons. The monoisotopic (exact) mass is 233 g/mol. The van der Waals surface area contributed by atoms with E-state index < -0.39 is 8.56 Å². The van der Waals surface area contributed by atoms with E-state index in [1.165, 1.54) is 12.8 Å². The Morgan fingerprint density at radius 2 is 1.67 bits per heavy atom. The Bertz CT molecular complexity index is 150. The van der Waals surface area contributed by atoms with Crippen molar-refractivity contribution in [2.75, 3.05) is 19.8 Å². The van der Waals surface area contributed by atoms with Gasteiger partial charge in [-0.05, 0) is 45.3 Å². The minimum atomic E-state index is -1.94. The molecule has 0 bridgehead atoms. The molecular formula is C11H27NO2Si. The lowest BCUT2D eigenvalue weighted by Crippen LogP contribution is -2.43. The van der Waals surface area contributed by atoms with Crippen LogP contribution in [-0.4, -0.2) is 28.3 Å². The van der Waals surface area contributed by atoms with Crippen molar-refractivity contribution < 1.29 is 8.85 Å². The Kier molecular flexibility index (Phi) is 8.33. The molecule has 0 aromatic heterocycles. The Morgan fingerprint density at radius 3 is 2.07 bits per heavy atom. The molecule has 0 aliphatic carbocycles. The maximum Gasteiger partial charge on any atom is 0.337 e. The third-order valence-corrected chi connectivity index (χ3v) is 6.65. The van der Waals surface area contributed by atoms with Gasteiger partial charge in [0, 0.05) is 13.2 Å². The van der Waals surface area contributed by atoms with Gasteiger partial charge in [-0.2, -0.15) is 0 Å². The van der Waals surface area contributed by atoms with Crippen LogP contribution in [0.2, 0.25) is 12.1 Å². The molecule has 2 N–H and O–H groups in total. The van der Waals surface area contributed by atoms with Crippen LogP contribution < -0.4 is 5.73 Å². The smallest absolute Gasteiger partial charge is 0.337 e. The van der Waals surface area contributed by atoms with Crippen LogP contribution in [0, 0.1) is 0 Å². The van der Waals surface area contributed by atoms with E-state index in [0.717, 1.165) is 26.2 Å². The Morgan fingerprint density at radius 1 is 1.13 bits per heavy atom. The van der Waals surface area contributed by atoms with Gasteiger partial charge in [0.15, 0.2) is 0 Å². The highest BCUT2D eigenvalue weighted by atomic mass is 28.4. The summed E-state index contributed by atoms with van der Waals surface area (Å²) in [5.41, 5.74) is 6.04. The van der Waals surface area contributed by atoms with Crippen molar-refractivity contribution in [2.45, 2.75) is 52.1 Å². The fourth-order valence-electron chi connectivity index (χ4n) is 1.76. The lowest BCUT2D eigenvalue weighted by Gasteiger charge is -2.31. The van der Waals surface area contributed by atoms with Gasteiger partial charge in [-0.1, -0.05) is 13.3 Å². The standard InChI is InChI=1S/C11H27NO2Si/c1-5-13-15(4,14-6-2)11(3)9-7-8-10-12/h11H,5-10,12H2,1-4H3. The molecule has 4 heteroatoms. The predicted molar refractivity (Wildman–Crippen MR) is 67.2 cm³/mol. The molecule has 0 amide bonds. The number of hydrogen-bond donors (Lipinski definition) is 1. The summed E-state index contributed by atoms with van der Waals surface area (Å²) >= 11 is 0. The molecule has 0 aliphatic heterocycles. The highest BCUT2D eigenvalue weighted by Crippen LogP contribution is 2.28. The molecule has 0 aromatic carbocycles. The van der Waals surface area contributed by atoms with Crippen LogP contribution >= 0.6 is 0 Å². The molecule has 0 spiro atoms. The molecule has 0 aromatic rings. The van der Waals surface area contributed by atoms with Gasteiger partial charge in [0.05, 0.1) is 0 Å². The van der Waals surface area contributed by atoms with Gasteiger partial charge >= 0.3 is 8.56 Å². The van der Waals surface area contributed by atoms with E-state index in [4.69, 9.17) is 14.6 Å². The third kappa shape index (κ3) is 5.66. The zero-order chi connectivity index (χ0) is 11.7. The van der Waals surface area contributed by atoms with Crippen molar-refractivity contribution in [3.8, 4) is 0 Å². The van der Waals surface area contributed by atoms with Crippen molar-refractivity contribution in [3.05, 3.63) is 0 Å². The fraction of sp³-hybridized carbons (Fsp3) is 1.00. The highest BCUT2D eigenvalue weighted by Gasteiger charge is 2.37. The Balaban J connectivity index is 4.08. The van der Waals surface area contributed by atoms with E-state index in [1.807, 2.05) is 13.8 Å². The van der Waals surface area contributed by atoms with Gasteiger partial charge in [-0.3, -0.25) is 0 Å². The topological polar surface area (TPSA) is 44.5 Å². The molecule has 0 saturated heterocycles. The molecule has 0 aliphatic rings. The third-order valence-electron chi connectivity index (χ3n) is 2.85. The fourth-order valence-corrected chi connectivity index (χ4v) is 4.28. The molecule has 0 radical (unpaired) electrons. The first kappa shape index (κ1) is 15.1. The molecule has 0 heterocycles. The Labute approximate surface area is 95.6 Å². The van der Waals surface area contributed by atoms with E-state index in [9.17, 15) is 0 Å². The van der Waals surface area contributed by atoms with Crippen molar-refractivity contribution >= 4 is 8.56 Å². The van der Waals surface area contributed by atoms with Crippen LogP contribution in [0.25, 0.3) is 0 Å². The first-order valence-electron chi connectivity index (χ1n) is 6.08. The normalized spacial score (nSPS) is 14.2. The van der Waals surface area contributed by atoms with E-state index in [0.29, 0.717) is 5.54 Å². The van der Waals surface area contributed by atoms with Gasteiger partial charge in [0.1, 0.15) is 0 Å². The van der Waals surface area contributed by atoms with E-state index in [-0.39, 0.29) is 0 Å². The van der Waals surface area contributed by atoms with E-state index in [2.05, 4.69) is 13.5 Å². The Hall–Kier alpha value is 0.0969. The first-order chi connectivity index (χ1) is 7.10. The molecule has 0 fully saturated rings. The van der Waals surface area contributed by atoms with Crippen LogP contribution in [0.3, 0.4) is 0 Å². The van der Waals surface area contributed by atoms with Gasteiger partial charge < -0.3 is 14.6 Å². The van der Waals surface area contributed by atoms with Crippen molar-refractivity contribution in [1.82, 2.24) is 0 Å². The largest absolute Gasteiger partial charge is 0.394 e. The number of rotatable bonds is 9. The molecule has 0 saturated carbocycles. The maximum atomic E-state index is 5.85. The van der Waals surface area contributed by atoms with Crippen molar-refractivity contribution in [1.29, 1.82) is 0 Å². The van der Waals surface area contributed by atoms with Crippen LogP contribution in [0.4, 0.5) is 0 Å². The number of hydrogen-bond acceptors (Lipinski definition) is 3. The van der Waals surface area contributed by atoms with Crippen LogP contribution in [0.1, 0.15) is 40.0 Å². The van der Waals surface area contributed by atoms with Gasteiger partial charge in [0.25, 0.3) is 0 Å². The first-order valence-corrected chi connectivity index (χ1v) is 8.48. The quantitative estimate of drug-likeness (QED) is 0.492. The summed E-state index contributed by atoms with van der Waals surface area (Å²) in [5.74, 6) is 0. The van der Waals surface area contributed by atoms with Crippen LogP contribution in [0.15, 0.2) is 0 Å². The van der Waals surface area contributed by atoms with E-state index in [1.54, 1.807) is 0 Å². The SMILES string of the molecule is CCO[Si](C)(OCC)C(C)CCCCN. The second-order valence-electron chi connectivity index (χ2n) is 4.07. The lowest BCUT2D eigenvalue weighted by molar-refractivity contribution is 0.178. The zero-order valence-electron chi connectivity index (χ0n) is 10.7. The summed E-state index contributed by atoms with van der Waals surface area (Å²) in [4.78, 5) is 0. The van der Waals surface area contributed by atoms with Gasteiger partial charge in [-0.25, -0.2) is 0 Å². The molecule has 1 unspecified atom stereocenters. The summed E-state index contributed by atoms with van der Waals surface area (Å²) in [5, 5.41) is 0. The highest BCUT2D eigenvalue weighted by molar-refractivity contribution is 6.67. The maximum absolute atomic E-state index is 5.85. The molecule has 3 nitrogen and oxygen atoms in total. The summed E-state index contributed by atoms with van der Waals surface area (Å²) < 4.78 is 11.7. The summed E-state index contributed by atoms with van der Waals surface area (Å²) in [6, 6.07) is 0. The van der Waals surface area contributed by atoms with Gasteiger partial charge in [-0.15, -0.1) is 0 Å². The average Bonchev–Trinajstić information content (AvgIpc) is 2.18. The second kappa shape index (κ2) is 8.27. The van der Waals surface area contributed by atoms with Gasteiger partial charge in [0.2, 0.25) is 0 Å². The van der Waals surface area contributed by atoms with Crippen molar-refractivity contribution in [3.63, 3.8) is 0 Å². The van der Waals surface area contributed by atoms with Crippen LogP contribution in [0.5, 0.6) is 0 Å². The molecule has 1 atom stereocenters. The lowest BCUT2D eigenvalue weighted by atomic mass is 10.2. The zero-order valence-corrected chi connectivity index (χ0v) is 11.7. The molecule has 15 heavy (non-hydrogen) atoms. The summed E-state index contributed by atoms with van der Waals surface area (Å²) in [7, 11) is -1.94. The summed E-state index contributed by atoms with van der Waals surface area (Å²) in [6.07, 6.45) is 3.45. The van der Waals surface area contributed by atoms with Crippen LogP contribution in [-0.2, 0) is 8.85 Å². The summed E-state index contributed by atoms with van der Waals surface area (Å²) in [6.45, 7) is 10.8. The molecule has 0 rings (SSSR count). The number of unbranched alkanes of at least 4 members (excludes halogenated alkanes) is 1. The van der Waals surface area contributed by atoms with E-state index >= 15 is 0 Å². The second-order valence-corrected chi connectivity index (χ2v) is 7.66.